The van der Waals surface area contributed by atoms with Crippen LogP contribution in [0.1, 0.15) is 34.8 Å². The van der Waals surface area contributed by atoms with Gasteiger partial charge in [-0.1, -0.05) is 49.7 Å². The van der Waals surface area contributed by atoms with Gasteiger partial charge in [-0.3, -0.25) is 9.10 Å². The quantitative estimate of drug-likeness (QED) is 0.405. The first-order valence-electron chi connectivity index (χ1n) is 11.1. The summed E-state index contributed by atoms with van der Waals surface area (Å²) in [6, 6.07) is 20.2. The molecule has 1 amide bonds. The van der Waals surface area contributed by atoms with E-state index in [-0.39, 0.29) is 18.1 Å². The number of anilines is 1. The van der Waals surface area contributed by atoms with Gasteiger partial charge in [-0.2, -0.15) is 0 Å². The second-order valence-electron chi connectivity index (χ2n) is 7.92. The van der Waals surface area contributed by atoms with E-state index in [0.29, 0.717) is 24.3 Å². The number of carbonyl (C=O) groups excluding carboxylic acids is 1. The lowest BCUT2D eigenvalue weighted by molar-refractivity contribution is 0.0947. The number of halogens is 1. The van der Waals surface area contributed by atoms with Crippen molar-refractivity contribution in [2.24, 2.45) is 0 Å². The van der Waals surface area contributed by atoms with Crippen LogP contribution in [-0.4, -0.2) is 33.7 Å². The fourth-order valence-corrected chi connectivity index (χ4v) is 4.33. The molecule has 0 fully saturated rings. The van der Waals surface area contributed by atoms with E-state index in [2.05, 4.69) is 12.2 Å². The molecule has 8 heteroatoms. The van der Waals surface area contributed by atoms with Gasteiger partial charge < -0.3 is 10.1 Å². The Morgan fingerprint density at radius 2 is 1.62 bits per heavy atom. The van der Waals surface area contributed by atoms with E-state index >= 15 is 0 Å². The number of hydrogen-bond donors (Lipinski definition) is 1. The third kappa shape index (κ3) is 7.05. The molecule has 0 heterocycles. The zero-order valence-electron chi connectivity index (χ0n) is 19.3. The number of sulfonamides is 1. The first kappa shape index (κ1) is 25.2. The average molecular weight is 485 g/mol. The van der Waals surface area contributed by atoms with Crippen molar-refractivity contribution in [2.45, 2.75) is 26.3 Å². The largest absolute Gasteiger partial charge is 0.492 e. The number of amides is 1. The van der Waals surface area contributed by atoms with Gasteiger partial charge in [0.1, 0.15) is 18.2 Å². The number of nitrogens with zero attached hydrogens (tertiary/aromatic N) is 1. The number of benzene rings is 3. The smallest absolute Gasteiger partial charge is 0.251 e. The molecule has 3 rings (SSSR count). The fourth-order valence-electron chi connectivity index (χ4n) is 3.44. The predicted molar refractivity (Wildman–Crippen MR) is 132 cm³/mol. The molecule has 3 aromatic carbocycles. The summed E-state index contributed by atoms with van der Waals surface area (Å²) in [4.78, 5) is 12.4. The number of rotatable bonds is 11. The van der Waals surface area contributed by atoms with Gasteiger partial charge in [-0.05, 0) is 53.9 Å². The fraction of sp³-hybridized carbons (Fsp3) is 0.269. The summed E-state index contributed by atoms with van der Waals surface area (Å²) in [6.45, 7) is 2.76. The first-order chi connectivity index (χ1) is 16.3. The molecule has 1 N–H and O–H groups in total. The Bertz CT molecular complexity index is 1200. The molecular formula is C26H29FN2O4S. The lowest BCUT2D eigenvalue weighted by Gasteiger charge is -2.23. The van der Waals surface area contributed by atoms with Gasteiger partial charge in [0, 0.05) is 5.56 Å². The summed E-state index contributed by atoms with van der Waals surface area (Å²) < 4.78 is 45.3. The van der Waals surface area contributed by atoms with Crippen molar-refractivity contribution < 1.29 is 22.3 Å². The van der Waals surface area contributed by atoms with Crippen LogP contribution in [0.15, 0.2) is 72.8 Å². The SMILES string of the molecule is CCCc1ccc(OCCNC(=O)c2ccc(CN(c3ccccc3F)S(C)(=O)=O)cc2)cc1. The predicted octanol–water partition coefficient (Wildman–Crippen LogP) is 4.55. The molecule has 180 valence electrons. The van der Waals surface area contributed by atoms with E-state index in [0.717, 1.165) is 29.2 Å². The molecular weight excluding hydrogens is 455 g/mol. The van der Waals surface area contributed by atoms with E-state index in [1.54, 1.807) is 30.3 Å². The highest BCUT2D eigenvalue weighted by Gasteiger charge is 2.21. The van der Waals surface area contributed by atoms with Crippen LogP contribution >= 0.6 is 0 Å². The van der Waals surface area contributed by atoms with Gasteiger partial charge in [0.25, 0.3) is 5.91 Å². The molecule has 0 aliphatic rings. The van der Waals surface area contributed by atoms with Crippen LogP contribution in [0.5, 0.6) is 5.75 Å². The third-order valence-electron chi connectivity index (χ3n) is 5.18. The minimum Gasteiger partial charge on any atom is -0.492 e. The lowest BCUT2D eigenvalue weighted by Crippen LogP contribution is -2.30. The first-order valence-corrected chi connectivity index (χ1v) is 12.9. The number of hydrogen-bond acceptors (Lipinski definition) is 4. The zero-order valence-corrected chi connectivity index (χ0v) is 20.1. The number of aryl methyl sites for hydroxylation is 1. The Labute approximate surface area is 200 Å². The Morgan fingerprint density at radius 1 is 0.971 bits per heavy atom. The molecule has 0 aromatic heterocycles. The van der Waals surface area contributed by atoms with Crippen LogP contribution in [0.3, 0.4) is 0 Å². The van der Waals surface area contributed by atoms with Gasteiger partial charge in [0.2, 0.25) is 10.0 Å². The van der Waals surface area contributed by atoms with E-state index in [4.69, 9.17) is 4.74 Å². The maximum atomic E-state index is 14.2. The third-order valence-corrected chi connectivity index (χ3v) is 6.31. The number of carbonyl (C=O) groups is 1. The highest BCUT2D eigenvalue weighted by molar-refractivity contribution is 7.92. The van der Waals surface area contributed by atoms with Crippen molar-refractivity contribution in [3.8, 4) is 5.75 Å². The van der Waals surface area contributed by atoms with E-state index < -0.39 is 15.8 Å². The maximum Gasteiger partial charge on any atom is 0.251 e. The van der Waals surface area contributed by atoms with E-state index in [1.807, 2.05) is 24.3 Å². The molecule has 0 aliphatic heterocycles. The monoisotopic (exact) mass is 484 g/mol. The topological polar surface area (TPSA) is 75.7 Å². The number of ether oxygens (including phenoxy) is 1. The van der Waals surface area contributed by atoms with Crippen LogP contribution in [0.4, 0.5) is 10.1 Å². The second-order valence-corrected chi connectivity index (χ2v) is 9.82. The van der Waals surface area contributed by atoms with Crippen LogP contribution in [-0.2, 0) is 23.0 Å². The molecule has 0 spiro atoms. The van der Waals surface area contributed by atoms with Crippen molar-refractivity contribution in [3.05, 3.63) is 95.3 Å². The molecule has 0 atom stereocenters. The molecule has 0 bridgehead atoms. The van der Waals surface area contributed by atoms with Crippen molar-refractivity contribution in [3.63, 3.8) is 0 Å². The van der Waals surface area contributed by atoms with Gasteiger partial charge in [-0.25, -0.2) is 12.8 Å². The van der Waals surface area contributed by atoms with Gasteiger partial charge >= 0.3 is 0 Å². The molecule has 0 unspecified atom stereocenters. The Balaban J connectivity index is 1.54. The van der Waals surface area contributed by atoms with Gasteiger partial charge in [-0.15, -0.1) is 0 Å². The lowest BCUT2D eigenvalue weighted by atomic mass is 10.1. The summed E-state index contributed by atoms with van der Waals surface area (Å²) in [6.07, 6.45) is 3.15. The summed E-state index contributed by atoms with van der Waals surface area (Å²) >= 11 is 0. The average Bonchev–Trinajstić information content (AvgIpc) is 2.82. The van der Waals surface area contributed by atoms with Crippen LogP contribution in [0, 0.1) is 5.82 Å². The van der Waals surface area contributed by atoms with Crippen LogP contribution in [0.2, 0.25) is 0 Å². The number of nitrogens with one attached hydrogen (secondary N) is 1. The molecule has 6 nitrogen and oxygen atoms in total. The maximum absolute atomic E-state index is 14.2. The summed E-state index contributed by atoms with van der Waals surface area (Å²) in [5, 5.41) is 2.80. The molecule has 0 saturated carbocycles. The summed E-state index contributed by atoms with van der Waals surface area (Å²) in [7, 11) is -3.71. The normalized spacial score (nSPS) is 11.1. The minimum atomic E-state index is -3.71. The molecule has 0 radical (unpaired) electrons. The van der Waals surface area contributed by atoms with Gasteiger partial charge in [0.15, 0.2) is 0 Å². The van der Waals surface area contributed by atoms with Crippen LogP contribution < -0.4 is 14.4 Å². The minimum absolute atomic E-state index is 0.0215. The molecule has 0 aliphatic carbocycles. The Morgan fingerprint density at radius 3 is 2.24 bits per heavy atom. The summed E-state index contributed by atoms with van der Waals surface area (Å²) in [5.41, 5.74) is 2.30. The highest BCUT2D eigenvalue weighted by Crippen LogP contribution is 2.24. The molecule has 0 saturated heterocycles. The van der Waals surface area contributed by atoms with Crippen molar-refractivity contribution in [1.82, 2.24) is 5.32 Å². The second kappa shape index (κ2) is 11.7. The standard InChI is InChI=1S/C26H29FN2O4S/c1-3-6-20-11-15-23(16-12-20)33-18-17-28-26(30)22-13-9-21(10-14-22)19-29(34(2,31)32)25-8-5-4-7-24(25)27/h4-5,7-16H,3,6,17-19H2,1-2H3,(H,28,30). The van der Waals surface area contributed by atoms with Crippen molar-refractivity contribution in [1.29, 1.82) is 0 Å². The molecule has 34 heavy (non-hydrogen) atoms. The molecule has 3 aromatic rings. The van der Waals surface area contributed by atoms with E-state index in [9.17, 15) is 17.6 Å². The van der Waals surface area contributed by atoms with E-state index in [1.165, 1.54) is 23.8 Å². The van der Waals surface area contributed by atoms with Crippen molar-refractivity contribution >= 4 is 21.6 Å². The Kier molecular flexibility index (Phi) is 8.65. The number of para-hydroxylation sites is 1. The van der Waals surface area contributed by atoms with Crippen LogP contribution in [0.25, 0.3) is 0 Å². The van der Waals surface area contributed by atoms with Gasteiger partial charge in [0.05, 0.1) is 25.0 Å². The summed E-state index contributed by atoms with van der Waals surface area (Å²) in [5.74, 6) is -0.130. The Hall–Kier alpha value is -3.39. The highest BCUT2D eigenvalue weighted by atomic mass is 32.2. The zero-order chi connectivity index (χ0) is 24.6. The van der Waals surface area contributed by atoms with Crippen molar-refractivity contribution in [2.75, 3.05) is 23.7 Å².